The maximum absolute atomic E-state index is 9.97. The molecule has 4 rings (SSSR count). The van der Waals surface area contributed by atoms with E-state index in [1.54, 1.807) is 13.3 Å². The van der Waals surface area contributed by atoms with Crippen LogP contribution in [0, 0.1) is 11.3 Å². The van der Waals surface area contributed by atoms with E-state index >= 15 is 0 Å². The monoisotopic (exact) mass is 492 g/mol. The summed E-state index contributed by atoms with van der Waals surface area (Å²) in [6.45, 7) is 2.45. The highest BCUT2D eigenvalue weighted by Crippen LogP contribution is 2.31. The molecule has 2 aromatic carbocycles. The molecule has 1 fully saturated rings. The van der Waals surface area contributed by atoms with Gasteiger partial charge in [-0.3, -0.25) is 0 Å². The molecule has 0 saturated carbocycles. The normalized spacial score (nSPS) is 13.7. The zero-order valence-corrected chi connectivity index (χ0v) is 19.0. The highest BCUT2D eigenvalue weighted by Gasteiger charge is 2.22. The highest BCUT2D eigenvalue weighted by atomic mass is 79.9. The Balaban J connectivity index is 1.72. The molecule has 0 amide bonds. The van der Waals surface area contributed by atoms with Crippen molar-refractivity contribution in [3.8, 4) is 23.1 Å². The molecule has 0 atom stereocenters. The Morgan fingerprint density at radius 3 is 2.66 bits per heavy atom. The van der Waals surface area contributed by atoms with Gasteiger partial charge in [-0.15, -0.1) is 0 Å². The fraction of sp³-hybridized carbons (Fsp3) is 0.217. The summed E-state index contributed by atoms with van der Waals surface area (Å²) in [5.41, 5.74) is 5.58. The molecule has 1 aliphatic heterocycles. The molecule has 9 heteroatoms. The molecule has 3 aromatic rings. The SMILES string of the molecule is COc1ccc(-c2nc(NN=Cc3cccc(Br)c3)nc(N3CCOCC3)c2C#N)cc1. The molecule has 0 unspecified atom stereocenters. The van der Waals surface area contributed by atoms with Crippen LogP contribution in [0.5, 0.6) is 5.75 Å². The third-order valence-corrected chi connectivity index (χ3v) is 5.40. The van der Waals surface area contributed by atoms with Crippen LogP contribution in [-0.2, 0) is 4.74 Å². The lowest BCUT2D eigenvalue weighted by atomic mass is 10.1. The van der Waals surface area contributed by atoms with E-state index in [0.29, 0.717) is 49.3 Å². The number of nitrogens with one attached hydrogen (secondary N) is 1. The molecule has 2 heterocycles. The zero-order chi connectivity index (χ0) is 22.3. The summed E-state index contributed by atoms with van der Waals surface area (Å²) in [6.07, 6.45) is 1.69. The zero-order valence-electron chi connectivity index (χ0n) is 17.5. The number of halogens is 1. The van der Waals surface area contributed by atoms with Crippen molar-refractivity contribution in [1.82, 2.24) is 9.97 Å². The topological polar surface area (TPSA) is 95.7 Å². The van der Waals surface area contributed by atoms with Gasteiger partial charge in [-0.1, -0.05) is 28.1 Å². The first-order valence-corrected chi connectivity index (χ1v) is 10.8. The molecule has 8 nitrogen and oxygen atoms in total. The van der Waals surface area contributed by atoms with E-state index in [9.17, 15) is 5.26 Å². The van der Waals surface area contributed by atoms with Crippen LogP contribution in [-0.4, -0.2) is 49.6 Å². The first kappa shape index (κ1) is 21.7. The Morgan fingerprint density at radius 1 is 1.19 bits per heavy atom. The van der Waals surface area contributed by atoms with Gasteiger partial charge >= 0.3 is 0 Å². The van der Waals surface area contributed by atoms with Crippen molar-refractivity contribution >= 4 is 33.9 Å². The number of rotatable bonds is 6. The second kappa shape index (κ2) is 10.2. The predicted molar refractivity (Wildman–Crippen MR) is 127 cm³/mol. The van der Waals surface area contributed by atoms with E-state index in [4.69, 9.17) is 9.47 Å². The number of ether oxygens (including phenoxy) is 2. The fourth-order valence-corrected chi connectivity index (χ4v) is 3.73. The molecule has 32 heavy (non-hydrogen) atoms. The highest BCUT2D eigenvalue weighted by molar-refractivity contribution is 9.10. The van der Waals surface area contributed by atoms with Gasteiger partial charge in [-0.2, -0.15) is 15.3 Å². The van der Waals surface area contributed by atoms with Gasteiger partial charge in [-0.25, -0.2) is 10.4 Å². The quantitative estimate of drug-likeness (QED) is 0.409. The summed E-state index contributed by atoms with van der Waals surface area (Å²) < 4.78 is 11.7. The van der Waals surface area contributed by atoms with E-state index in [2.05, 4.69) is 42.5 Å². The van der Waals surface area contributed by atoms with Crippen molar-refractivity contribution < 1.29 is 9.47 Å². The van der Waals surface area contributed by atoms with E-state index in [1.165, 1.54) is 0 Å². The van der Waals surface area contributed by atoms with Crippen molar-refractivity contribution in [3.05, 3.63) is 64.1 Å². The molecule has 1 saturated heterocycles. The summed E-state index contributed by atoms with van der Waals surface area (Å²) in [6, 6.07) is 17.5. The minimum Gasteiger partial charge on any atom is -0.497 e. The number of benzene rings is 2. The molecule has 1 aliphatic rings. The van der Waals surface area contributed by atoms with Gasteiger partial charge in [-0.05, 0) is 42.0 Å². The van der Waals surface area contributed by atoms with Crippen LogP contribution in [0.4, 0.5) is 11.8 Å². The average Bonchev–Trinajstić information content (AvgIpc) is 2.84. The van der Waals surface area contributed by atoms with Crippen LogP contribution in [0.25, 0.3) is 11.3 Å². The third-order valence-electron chi connectivity index (χ3n) is 4.90. The van der Waals surface area contributed by atoms with Crippen LogP contribution >= 0.6 is 15.9 Å². The standard InChI is InChI=1S/C23H21BrN6O2/c1-31-19-7-5-17(6-8-19)21-20(14-25)22(30-9-11-32-12-10-30)28-23(27-21)29-26-15-16-3-2-4-18(24)13-16/h2-8,13,15H,9-12H2,1H3,(H,27,28,29). The fourth-order valence-electron chi connectivity index (χ4n) is 3.32. The van der Waals surface area contributed by atoms with Gasteiger partial charge in [0, 0.05) is 23.1 Å². The Kier molecular flexibility index (Phi) is 6.94. The Bertz CT molecular complexity index is 1150. The summed E-state index contributed by atoms with van der Waals surface area (Å²) >= 11 is 3.45. The number of aromatic nitrogens is 2. The number of nitrogens with zero attached hydrogens (tertiary/aromatic N) is 5. The molecular formula is C23H21BrN6O2. The number of hydrogen-bond acceptors (Lipinski definition) is 8. The number of anilines is 2. The number of morpholine rings is 1. The lowest BCUT2D eigenvalue weighted by Gasteiger charge is -2.29. The summed E-state index contributed by atoms with van der Waals surface area (Å²) in [4.78, 5) is 11.3. The maximum Gasteiger partial charge on any atom is 0.246 e. The number of methoxy groups -OCH3 is 1. The molecular weight excluding hydrogens is 472 g/mol. The molecule has 1 N–H and O–H groups in total. The van der Waals surface area contributed by atoms with Crippen molar-refractivity contribution in [2.24, 2.45) is 5.10 Å². The van der Waals surface area contributed by atoms with Crippen LogP contribution in [0.3, 0.4) is 0 Å². The molecule has 0 aliphatic carbocycles. The van der Waals surface area contributed by atoms with Crippen molar-refractivity contribution in [1.29, 1.82) is 5.26 Å². The smallest absolute Gasteiger partial charge is 0.246 e. The van der Waals surface area contributed by atoms with E-state index in [-0.39, 0.29) is 0 Å². The van der Waals surface area contributed by atoms with Crippen LogP contribution in [0.1, 0.15) is 11.1 Å². The largest absolute Gasteiger partial charge is 0.497 e. The Labute approximate surface area is 194 Å². The van der Waals surface area contributed by atoms with Crippen LogP contribution in [0.15, 0.2) is 58.1 Å². The van der Waals surface area contributed by atoms with Gasteiger partial charge in [0.1, 0.15) is 17.4 Å². The third kappa shape index (κ3) is 5.04. The maximum atomic E-state index is 9.97. The van der Waals surface area contributed by atoms with Crippen molar-refractivity contribution in [2.75, 3.05) is 43.7 Å². The Hall–Kier alpha value is -3.48. The predicted octanol–water partition coefficient (Wildman–Crippen LogP) is 4.07. The van der Waals surface area contributed by atoms with Gasteiger partial charge in [0.15, 0.2) is 5.82 Å². The molecule has 162 valence electrons. The van der Waals surface area contributed by atoms with Gasteiger partial charge in [0.2, 0.25) is 5.95 Å². The lowest BCUT2D eigenvalue weighted by Crippen LogP contribution is -2.37. The van der Waals surface area contributed by atoms with E-state index < -0.39 is 0 Å². The minimum absolute atomic E-state index is 0.308. The minimum atomic E-state index is 0.308. The second-order valence-electron chi connectivity index (χ2n) is 6.96. The van der Waals surface area contributed by atoms with E-state index in [1.807, 2.05) is 53.4 Å². The van der Waals surface area contributed by atoms with Gasteiger partial charge < -0.3 is 14.4 Å². The number of nitriles is 1. The summed E-state index contributed by atoms with van der Waals surface area (Å²) in [7, 11) is 1.61. The molecule has 0 radical (unpaired) electrons. The van der Waals surface area contributed by atoms with Crippen LogP contribution < -0.4 is 15.1 Å². The first-order chi connectivity index (χ1) is 15.7. The average molecular weight is 493 g/mol. The summed E-state index contributed by atoms with van der Waals surface area (Å²) in [5.74, 6) is 1.60. The van der Waals surface area contributed by atoms with Crippen molar-refractivity contribution in [3.63, 3.8) is 0 Å². The van der Waals surface area contributed by atoms with Gasteiger partial charge in [0.25, 0.3) is 0 Å². The lowest BCUT2D eigenvalue weighted by molar-refractivity contribution is 0.122. The van der Waals surface area contributed by atoms with Crippen molar-refractivity contribution in [2.45, 2.75) is 0 Å². The Morgan fingerprint density at radius 2 is 1.97 bits per heavy atom. The number of hydrogen-bond donors (Lipinski definition) is 1. The van der Waals surface area contributed by atoms with Gasteiger partial charge in [0.05, 0.1) is 32.2 Å². The molecule has 0 bridgehead atoms. The van der Waals surface area contributed by atoms with Crippen LogP contribution in [0.2, 0.25) is 0 Å². The summed E-state index contributed by atoms with van der Waals surface area (Å²) in [5, 5.41) is 14.3. The first-order valence-electron chi connectivity index (χ1n) is 10.0. The second-order valence-corrected chi connectivity index (χ2v) is 7.87. The molecule has 0 spiro atoms. The van der Waals surface area contributed by atoms with E-state index in [0.717, 1.165) is 21.3 Å². The number of hydrazone groups is 1. The molecule has 1 aromatic heterocycles.